The van der Waals surface area contributed by atoms with Gasteiger partial charge in [-0.25, -0.2) is 4.98 Å². The van der Waals surface area contributed by atoms with Crippen molar-refractivity contribution in [2.24, 2.45) is 0 Å². The van der Waals surface area contributed by atoms with Gasteiger partial charge < -0.3 is 15.4 Å². The van der Waals surface area contributed by atoms with Crippen LogP contribution >= 0.6 is 11.8 Å². The molecule has 0 saturated heterocycles. The van der Waals surface area contributed by atoms with Gasteiger partial charge in [-0.15, -0.1) is 0 Å². The number of carboxylic acids is 1. The van der Waals surface area contributed by atoms with E-state index < -0.39 is 12.0 Å². The molecule has 1 aromatic heterocycles. The molecule has 5 nitrogen and oxygen atoms in total. The van der Waals surface area contributed by atoms with Crippen LogP contribution in [-0.2, 0) is 4.79 Å². The highest BCUT2D eigenvalue weighted by atomic mass is 32.2. The SMILES string of the molecule is CCNC(CSc1nc2ccccc2[nH]1)C(=O)O. The molecule has 1 heterocycles. The number of nitrogens with one attached hydrogen (secondary N) is 2. The molecule has 0 amide bonds. The van der Waals surface area contributed by atoms with Gasteiger partial charge in [0.1, 0.15) is 6.04 Å². The molecule has 0 aliphatic heterocycles. The minimum Gasteiger partial charge on any atom is -0.480 e. The van der Waals surface area contributed by atoms with Crippen molar-refractivity contribution in [3.05, 3.63) is 24.3 Å². The van der Waals surface area contributed by atoms with Crippen molar-refractivity contribution < 1.29 is 9.90 Å². The van der Waals surface area contributed by atoms with Crippen molar-refractivity contribution in [3.8, 4) is 0 Å². The number of hydrogen-bond donors (Lipinski definition) is 3. The van der Waals surface area contributed by atoms with Gasteiger partial charge in [-0.05, 0) is 18.7 Å². The van der Waals surface area contributed by atoms with E-state index in [9.17, 15) is 4.79 Å². The topological polar surface area (TPSA) is 78.0 Å². The Bertz CT molecular complexity index is 508. The van der Waals surface area contributed by atoms with Crippen LogP contribution in [0.5, 0.6) is 0 Å². The maximum atomic E-state index is 11.0. The highest BCUT2D eigenvalue weighted by Crippen LogP contribution is 2.19. The molecule has 96 valence electrons. The summed E-state index contributed by atoms with van der Waals surface area (Å²) in [4.78, 5) is 18.5. The fourth-order valence-electron chi connectivity index (χ4n) is 1.62. The van der Waals surface area contributed by atoms with Crippen molar-refractivity contribution in [1.82, 2.24) is 15.3 Å². The maximum Gasteiger partial charge on any atom is 0.321 e. The number of nitrogens with zero attached hydrogens (tertiary/aromatic N) is 1. The highest BCUT2D eigenvalue weighted by Gasteiger charge is 2.16. The number of aromatic amines is 1. The van der Waals surface area contributed by atoms with Gasteiger partial charge >= 0.3 is 5.97 Å². The number of aromatic nitrogens is 2. The van der Waals surface area contributed by atoms with Gasteiger partial charge in [0.05, 0.1) is 11.0 Å². The van der Waals surface area contributed by atoms with Crippen LogP contribution in [0, 0.1) is 0 Å². The summed E-state index contributed by atoms with van der Waals surface area (Å²) >= 11 is 1.41. The Labute approximate surface area is 109 Å². The molecular weight excluding hydrogens is 250 g/mol. The Balaban J connectivity index is 2.02. The van der Waals surface area contributed by atoms with Crippen molar-refractivity contribution in [2.45, 2.75) is 18.1 Å². The van der Waals surface area contributed by atoms with Crippen LogP contribution in [0.1, 0.15) is 6.92 Å². The number of carboxylic acid groups (broad SMARTS) is 1. The first kappa shape index (κ1) is 12.9. The Morgan fingerprint density at radius 3 is 3.00 bits per heavy atom. The second kappa shape index (κ2) is 5.88. The molecule has 2 aromatic rings. The smallest absolute Gasteiger partial charge is 0.321 e. The number of rotatable bonds is 6. The number of para-hydroxylation sites is 2. The van der Waals surface area contributed by atoms with E-state index in [1.54, 1.807) is 0 Å². The van der Waals surface area contributed by atoms with Crippen LogP contribution in [0.3, 0.4) is 0 Å². The monoisotopic (exact) mass is 265 g/mol. The van der Waals surface area contributed by atoms with Crippen LogP contribution in [0.4, 0.5) is 0 Å². The van der Waals surface area contributed by atoms with Gasteiger partial charge in [0, 0.05) is 5.75 Å². The van der Waals surface area contributed by atoms with E-state index in [1.165, 1.54) is 11.8 Å². The number of imidazole rings is 1. The van der Waals surface area contributed by atoms with Gasteiger partial charge in [0.25, 0.3) is 0 Å². The number of benzene rings is 1. The number of aliphatic carboxylic acids is 1. The molecule has 1 unspecified atom stereocenters. The van der Waals surface area contributed by atoms with Gasteiger partial charge in [0.15, 0.2) is 5.16 Å². The van der Waals surface area contributed by atoms with E-state index in [0.717, 1.165) is 16.2 Å². The largest absolute Gasteiger partial charge is 0.480 e. The third-order valence-electron chi connectivity index (χ3n) is 2.50. The first-order valence-electron chi connectivity index (χ1n) is 5.74. The number of carbonyl (C=O) groups is 1. The zero-order valence-corrected chi connectivity index (χ0v) is 10.8. The highest BCUT2D eigenvalue weighted by molar-refractivity contribution is 7.99. The Morgan fingerprint density at radius 2 is 2.33 bits per heavy atom. The second-order valence-electron chi connectivity index (χ2n) is 3.82. The lowest BCUT2D eigenvalue weighted by molar-refractivity contribution is -0.138. The van der Waals surface area contributed by atoms with Crippen LogP contribution in [0.25, 0.3) is 11.0 Å². The van der Waals surface area contributed by atoms with Crippen molar-refractivity contribution >= 4 is 28.8 Å². The first-order valence-corrected chi connectivity index (χ1v) is 6.73. The van der Waals surface area contributed by atoms with Crippen molar-refractivity contribution in [3.63, 3.8) is 0 Å². The molecule has 0 bridgehead atoms. The van der Waals surface area contributed by atoms with Crippen LogP contribution in [-0.4, -0.2) is 39.4 Å². The molecule has 2 rings (SSSR count). The minimum absolute atomic E-state index is 0.447. The average Bonchev–Trinajstić information content (AvgIpc) is 2.76. The summed E-state index contributed by atoms with van der Waals surface area (Å²) in [5.74, 6) is -0.385. The molecule has 0 aliphatic carbocycles. The molecule has 1 atom stereocenters. The third-order valence-corrected chi connectivity index (χ3v) is 3.47. The van der Waals surface area contributed by atoms with E-state index in [1.807, 2.05) is 31.2 Å². The standard InChI is InChI=1S/C12H15N3O2S/c1-2-13-10(11(16)17)7-18-12-14-8-5-3-4-6-9(8)15-12/h3-6,10,13H,2,7H2,1H3,(H,14,15)(H,16,17). The summed E-state index contributed by atoms with van der Waals surface area (Å²) in [6.45, 7) is 2.53. The van der Waals surface area contributed by atoms with Crippen molar-refractivity contribution in [2.75, 3.05) is 12.3 Å². The van der Waals surface area contributed by atoms with Gasteiger partial charge in [0.2, 0.25) is 0 Å². The lowest BCUT2D eigenvalue weighted by Gasteiger charge is -2.11. The number of thioether (sulfide) groups is 1. The predicted molar refractivity (Wildman–Crippen MR) is 71.9 cm³/mol. The average molecular weight is 265 g/mol. The Kier molecular flexibility index (Phi) is 4.22. The molecule has 0 spiro atoms. The Hall–Kier alpha value is -1.53. The van der Waals surface area contributed by atoms with Gasteiger partial charge in [-0.3, -0.25) is 4.79 Å². The van der Waals surface area contributed by atoms with Gasteiger partial charge in [-0.1, -0.05) is 30.8 Å². The van der Waals surface area contributed by atoms with Crippen molar-refractivity contribution in [1.29, 1.82) is 0 Å². The molecule has 3 N–H and O–H groups in total. The quantitative estimate of drug-likeness (QED) is 0.693. The van der Waals surface area contributed by atoms with E-state index in [4.69, 9.17) is 5.11 Å². The van der Waals surface area contributed by atoms with E-state index in [0.29, 0.717) is 12.3 Å². The van der Waals surface area contributed by atoms with E-state index in [2.05, 4.69) is 15.3 Å². The lowest BCUT2D eigenvalue weighted by atomic mass is 10.3. The summed E-state index contributed by atoms with van der Waals surface area (Å²) < 4.78 is 0. The number of hydrogen-bond acceptors (Lipinski definition) is 4. The van der Waals surface area contributed by atoms with Gasteiger partial charge in [-0.2, -0.15) is 0 Å². The zero-order chi connectivity index (χ0) is 13.0. The molecule has 0 saturated carbocycles. The summed E-state index contributed by atoms with van der Waals surface area (Å²) in [5.41, 5.74) is 1.87. The zero-order valence-electron chi connectivity index (χ0n) is 10.0. The molecule has 0 radical (unpaired) electrons. The second-order valence-corrected chi connectivity index (χ2v) is 4.83. The lowest BCUT2D eigenvalue weighted by Crippen LogP contribution is -2.38. The third kappa shape index (κ3) is 3.02. The molecule has 0 aliphatic rings. The predicted octanol–water partition coefficient (Wildman–Crippen LogP) is 1.72. The molecular formula is C12H15N3O2S. The Morgan fingerprint density at radius 1 is 1.56 bits per heavy atom. The summed E-state index contributed by atoms with van der Waals surface area (Å²) in [6.07, 6.45) is 0. The molecule has 0 fully saturated rings. The molecule has 18 heavy (non-hydrogen) atoms. The molecule has 6 heteroatoms. The van der Waals surface area contributed by atoms with E-state index >= 15 is 0 Å². The summed E-state index contributed by atoms with van der Waals surface area (Å²) in [7, 11) is 0. The van der Waals surface area contributed by atoms with E-state index in [-0.39, 0.29) is 0 Å². The number of fused-ring (bicyclic) bond motifs is 1. The van der Waals surface area contributed by atoms with Crippen LogP contribution in [0.15, 0.2) is 29.4 Å². The fourth-order valence-corrected chi connectivity index (χ4v) is 2.55. The summed E-state index contributed by atoms with van der Waals surface area (Å²) in [6, 6.07) is 7.19. The fraction of sp³-hybridized carbons (Fsp3) is 0.333. The molecule has 1 aromatic carbocycles. The normalized spacial score (nSPS) is 12.7. The number of H-pyrrole nitrogens is 1. The summed E-state index contributed by atoms with van der Waals surface area (Å²) in [5, 5.41) is 12.7. The van der Waals surface area contributed by atoms with Crippen LogP contribution < -0.4 is 5.32 Å². The number of likely N-dealkylation sites (N-methyl/N-ethyl adjacent to an activating group) is 1. The van der Waals surface area contributed by atoms with Crippen LogP contribution in [0.2, 0.25) is 0 Å². The minimum atomic E-state index is -0.833. The maximum absolute atomic E-state index is 11.0. The first-order chi connectivity index (χ1) is 8.70.